The number of hydrogen-bond acceptors (Lipinski definition) is 1. The minimum atomic E-state index is -4.50. The van der Waals surface area contributed by atoms with Crippen LogP contribution in [0.25, 0.3) is 0 Å². The van der Waals surface area contributed by atoms with Crippen molar-refractivity contribution in [2.75, 3.05) is 0 Å². The molecule has 0 saturated carbocycles. The van der Waals surface area contributed by atoms with Crippen LogP contribution in [0.3, 0.4) is 0 Å². The second kappa shape index (κ2) is 7.05. The van der Waals surface area contributed by atoms with Crippen molar-refractivity contribution in [2.24, 2.45) is 0 Å². The molecule has 1 nitrogen and oxygen atoms in total. The van der Waals surface area contributed by atoms with E-state index in [1.165, 1.54) is 17.7 Å². The van der Waals surface area contributed by atoms with E-state index in [1.807, 2.05) is 12.1 Å². The summed E-state index contributed by atoms with van der Waals surface area (Å²) in [6.45, 7) is 2.12. The topological polar surface area (TPSA) is 9.23 Å². The first-order valence-electron chi connectivity index (χ1n) is 7.03. The molecule has 0 aliphatic carbocycles. The van der Waals surface area contributed by atoms with E-state index >= 15 is 0 Å². The van der Waals surface area contributed by atoms with Gasteiger partial charge in [-0.3, -0.25) is 0 Å². The maximum atomic E-state index is 12.8. The van der Waals surface area contributed by atoms with Crippen molar-refractivity contribution in [1.82, 2.24) is 0 Å². The molecule has 2 aromatic carbocycles. The van der Waals surface area contributed by atoms with Gasteiger partial charge in [0.15, 0.2) is 0 Å². The van der Waals surface area contributed by atoms with Gasteiger partial charge < -0.3 is 4.74 Å². The molecule has 0 spiro atoms. The Hall–Kier alpha value is -1.68. The van der Waals surface area contributed by atoms with Gasteiger partial charge in [-0.2, -0.15) is 13.2 Å². The molecule has 5 heteroatoms. The highest BCUT2D eigenvalue weighted by atomic mass is 35.5. The van der Waals surface area contributed by atoms with Crippen LogP contribution in [0, 0.1) is 0 Å². The van der Waals surface area contributed by atoms with E-state index in [0.29, 0.717) is 5.75 Å². The molecule has 0 aromatic heterocycles. The predicted molar refractivity (Wildman–Crippen MR) is 81.6 cm³/mol. The Morgan fingerprint density at radius 2 is 1.64 bits per heavy atom. The van der Waals surface area contributed by atoms with Gasteiger partial charge in [0.25, 0.3) is 0 Å². The van der Waals surface area contributed by atoms with Crippen LogP contribution in [0.2, 0.25) is 5.02 Å². The van der Waals surface area contributed by atoms with Gasteiger partial charge in [0.2, 0.25) is 0 Å². The average molecular weight is 329 g/mol. The van der Waals surface area contributed by atoms with Gasteiger partial charge >= 0.3 is 6.18 Å². The Kier molecular flexibility index (Phi) is 5.35. The summed E-state index contributed by atoms with van der Waals surface area (Å²) in [6.07, 6.45) is -1.30. The van der Waals surface area contributed by atoms with Crippen molar-refractivity contribution in [3.05, 3.63) is 58.6 Å². The molecule has 22 heavy (non-hydrogen) atoms. The largest absolute Gasteiger partial charge is 0.457 e. The molecule has 0 radical (unpaired) electrons. The average Bonchev–Trinajstić information content (AvgIpc) is 2.47. The van der Waals surface area contributed by atoms with Gasteiger partial charge in [-0.15, -0.1) is 0 Å². The number of halogens is 4. The summed E-state index contributed by atoms with van der Waals surface area (Å²) in [5.74, 6) is 0.605. The van der Waals surface area contributed by atoms with Gasteiger partial charge in [0.1, 0.15) is 11.5 Å². The molecule has 0 aliphatic rings. The van der Waals surface area contributed by atoms with E-state index in [2.05, 4.69) is 6.92 Å². The smallest absolute Gasteiger partial charge is 0.417 e. The zero-order valence-electron chi connectivity index (χ0n) is 12.1. The number of hydrogen-bond donors (Lipinski definition) is 0. The SMILES string of the molecule is CCCCc1ccc(Oc2ccc(Cl)c(C(F)(F)F)c2)cc1. The predicted octanol–water partition coefficient (Wildman–Crippen LogP) is 6.49. The lowest BCUT2D eigenvalue weighted by molar-refractivity contribution is -0.137. The number of unbranched alkanes of at least 4 members (excludes halogenated alkanes) is 1. The van der Waals surface area contributed by atoms with Crippen LogP contribution in [0.15, 0.2) is 42.5 Å². The van der Waals surface area contributed by atoms with Gasteiger partial charge in [0.05, 0.1) is 10.6 Å². The molecule has 0 amide bonds. The van der Waals surface area contributed by atoms with E-state index < -0.39 is 11.7 Å². The van der Waals surface area contributed by atoms with Gasteiger partial charge in [-0.1, -0.05) is 37.1 Å². The minimum Gasteiger partial charge on any atom is -0.457 e. The third kappa shape index (κ3) is 4.41. The number of benzene rings is 2. The summed E-state index contributed by atoms with van der Waals surface area (Å²) in [4.78, 5) is 0. The van der Waals surface area contributed by atoms with Crippen molar-refractivity contribution in [1.29, 1.82) is 0 Å². The zero-order valence-corrected chi connectivity index (χ0v) is 12.8. The molecule has 0 aliphatic heterocycles. The highest BCUT2D eigenvalue weighted by molar-refractivity contribution is 6.31. The van der Waals surface area contributed by atoms with E-state index in [-0.39, 0.29) is 10.8 Å². The molecule has 0 unspecified atom stereocenters. The van der Waals surface area contributed by atoms with E-state index in [1.54, 1.807) is 12.1 Å². The molecule has 0 saturated heterocycles. The Balaban J connectivity index is 2.14. The minimum absolute atomic E-state index is 0.109. The van der Waals surface area contributed by atoms with Crippen LogP contribution in [0.5, 0.6) is 11.5 Å². The van der Waals surface area contributed by atoms with Gasteiger partial charge in [-0.25, -0.2) is 0 Å². The molecule has 0 heterocycles. The molecule has 0 fully saturated rings. The van der Waals surface area contributed by atoms with Gasteiger partial charge in [0, 0.05) is 0 Å². The summed E-state index contributed by atoms with van der Waals surface area (Å²) in [6, 6.07) is 10.9. The summed E-state index contributed by atoms with van der Waals surface area (Å²) in [5, 5.41) is -0.338. The van der Waals surface area contributed by atoms with E-state index in [0.717, 1.165) is 25.3 Å². The lowest BCUT2D eigenvalue weighted by Crippen LogP contribution is -2.05. The maximum Gasteiger partial charge on any atom is 0.417 e. The Labute approximate surface area is 132 Å². The monoisotopic (exact) mass is 328 g/mol. The molecular formula is C17H16ClF3O. The first kappa shape index (κ1) is 16.7. The third-order valence-electron chi connectivity index (χ3n) is 3.22. The number of rotatable bonds is 5. The van der Waals surface area contributed by atoms with Crippen molar-refractivity contribution >= 4 is 11.6 Å². The van der Waals surface area contributed by atoms with Crippen molar-refractivity contribution in [3.8, 4) is 11.5 Å². The fraction of sp³-hybridized carbons (Fsp3) is 0.294. The first-order chi connectivity index (χ1) is 10.4. The van der Waals surface area contributed by atoms with Crippen LogP contribution < -0.4 is 4.74 Å². The van der Waals surface area contributed by atoms with Crippen molar-refractivity contribution < 1.29 is 17.9 Å². The second-order valence-electron chi connectivity index (χ2n) is 4.99. The maximum absolute atomic E-state index is 12.8. The number of aryl methyl sites for hydroxylation is 1. The standard InChI is InChI=1S/C17H16ClF3O/c1-2-3-4-12-5-7-13(8-6-12)22-14-9-10-16(18)15(11-14)17(19,20)21/h5-11H,2-4H2,1H3. The van der Waals surface area contributed by atoms with Crippen LogP contribution in [0.1, 0.15) is 30.9 Å². The van der Waals surface area contributed by atoms with E-state index in [9.17, 15) is 13.2 Å². The zero-order chi connectivity index (χ0) is 16.2. The molecule has 0 bridgehead atoms. The third-order valence-corrected chi connectivity index (χ3v) is 3.55. The van der Waals surface area contributed by atoms with Crippen LogP contribution in [-0.2, 0) is 12.6 Å². The molecular weight excluding hydrogens is 313 g/mol. The first-order valence-corrected chi connectivity index (χ1v) is 7.41. The Morgan fingerprint density at radius 3 is 2.23 bits per heavy atom. The van der Waals surface area contributed by atoms with Crippen molar-refractivity contribution in [3.63, 3.8) is 0 Å². The Bertz CT molecular complexity index is 621. The number of ether oxygens (including phenoxy) is 1. The van der Waals surface area contributed by atoms with E-state index in [4.69, 9.17) is 16.3 Å². The second-order valence-corrected chi connectivity index (χ2v) is 5.40. The summed E-state index contributed by atoms with van der Waals surface area (Å²) in [5.41, 5.74) is 0.285. The molecule has 0 atom stereocenters. The molecule has 2 rings (SSSR count). The summed E-state index contributed by atoms with van der Waals surface area (Å²) in [7, 11) is 0. The van der Waals surface area contributed by atoms with Gasteiger partial charge in [-0.05, 0) is 48.7 Å². The molecule has 118 valence electrons. The fourth-order valence-electron chi connectivity index (χ4n) is 2.03. The van der Waals surface area contributed by atoms with Crippen molar-refractivity contribution in [2.45, 2.75) is 32.4 Å². The normalized spacial score (nSPS) is 11.5. The quantitative estimate of drug-likeness (QED) is 0.609. The highest BCUT2D eigenvalue weighted by Crippen LogP contribution is 2.37. The summed E-state index contributed by atoms with van der Waals surface area (Å²) < 4.78 is 43.9. The van der Waals surface area contributed by atoms with Crippen LogP contribution >= 0.6 is 11.6 Å². The molecule has 0 N–H and O–H groups in total. The number of alkyl halides is 3. The Morgan fingerprint density at radius 1 is 1.00 bits per heavy atom. The fourth-order valence-corrected chi connectivity index (χ4v) is 2.25. The van der Waals surface area contributed by atoms with Crippen LogP contribution in [-0.4, -0.2) is 0 Å². The summed E-state index contributed by atoms with van der Waals surface area (Å²) >= 11 is 5.58. The highest BCUT2D eigenvalue weighted by Gasteiger charge is 2.33. The van der Waals surface area contributed by atoms with Crippen LogP contribution in [0.4, 0.5) is 13.2 Å². The molecule has 2 aromatic rings. The lowest BCUT2D eigenvalue weighted by atomic mass is 10.1. The lowest BCUT2D eigenvalue weighted by Gasteiger charge is -2.12.